The van der Waals surface area contributed by atoms with E-state index in [4.69, 9.17) is 16.3 Å². The summed E-state index contributed by atoms with van der Waals surface area (Å²) < 4.78 is 6.67. The molecule has 2 heterocycles. The lowest BCUT2D eigenvalue weighted by molar-refractivity contribution is 0.416. The van der Waals surface area contributed by atoms with E-state index in [9.17, 15) is 4.79 Å². The Labute approximate surface area is 172 Å². The number of hydrogen-bond donors (Lipinski definition) is 2. The number of hydrogen-bond acceptors (Lipinski definition) is 5. The van der Waals surface area contributed by atoms with Crippen molar-refractivity contribution in [1.82, 2.24) is 19.6 Å². The van der Waals surface area contributed by atoms with Crippen LogP contribution in [-0.2, 0) is 6.54 Å². The second kappa shape index (κ2) is 7.60. The molecule has 0 spiro atoms. The Bertz CT molecular complexity index is 1260. The topological polar surface area (TPSA) is 84.3 Å². The van der Waals surface area contributed by atoms with Gasteiger partial charge < -0.3 is 10.1 Å². The van der Waals surface area contributed by atoms with E-state index in [0.29, 0.717) is 34.6 Å². The van der Waals surface area contributed by atoms with Crippen molar-refractivity contribution >= 4 is 23.1 Å². The van der Waals surface area contributed by atoms with Crippen LogP contribution in [0.25, 0.3) is 17.2 Å². The molecule has 8 heteroatoms. The van der Waals surface area contributed by atoms with Crippen molar-refractivity contribution in [3.8, 4) is 17.1 Å². The van der Waals surface area contributed by atoms with Crippen LogP contribution in [0.1, 0.15) is 16.8 Å². The van der Waals surface area contributed by atoms with Crippen LogP contribution in [0.4, 0.5) is 5.69 Å². The molecule has 148 valence electrons. The number of rotatable bonds is 5. The molecule has 0 amide bonds. The highest BCUT2D eigenvalue weighted by atomic mass is 35.5. The number of fused-ring (bicyclic) bond motifs is 1. The normalized spacial score (nSPS) is 11.0. The Hall–Kier alpha value is -3.32. The largest absolute Gasteiger partial charge is 0.495 e. The first-order chi connectivity index (χ1) is 13.9. The molecule has 4 aromatic rings. The molecule has 4 rings (SSSR count). The van der Waals surface area contributed by atoms with Gasteiger partial charge in [-0.15, -0.1) is 0 Å². The molecule has 0 saturated carbocycles. The summed E-state index contributed by atoms with van der Waals surface area (Å²) in [7, 11) is 1.59. The van der Waals surface area contributed by atoms with E-state index < -0.39 is 0 Å². The Morgan fingerprint density at radius 2 is 1.93 bits per heavy atom. The summed E-state index contributed by atoms with van der Waals surface area (Å²) in [5, 5.41) is 6.82. The van der Waals surface area contributed by atoms with E-state index in [2.05, 4.69) is 27.3 Å². The predicted molar refractivity (Wildman–Crippen MR) is 114 cm³/mol. The summed E-state index contributed by atoms with van der Waals surface area (Å²) in [5.41, 5.74) is 4.32. The molecule has 0 radical (unpaired) electrons. The van der Waals surface area contributed by atoms with Crippen LogP contribution in [0.2, 0.25) is 5.02 Å². The zero-order valence-electron chi connectivity index (χ0n) is 16.3. The molecule has 0 unspecified atom stereocenters. The number of aromatic nitrogens is 4. The highest BCUT2D eigenvalue weighted by Crippen LogP contribution is 2.28. The number of methoxy groups -OCH3 is 1. The van der Waals surface area contributed by atoms with Gasteiger partial charge in [0, 0.05) is 16.7 Å². The average Bonchev–Trinajstić information content (AvgIpc) is 3.13. The van der Waals surface area contributed by atoms with Crippen LogP contribution in [0.3, 0.4) is 0 Å². The number of halogens is 1. The van der Waals surface area contributed by atoms with Crippen molar-refractivity contribution < 1.29 is 4.74 Å². The summed E-state index contributed by atoms with van der Waals surface area (Å²) in [5.74, 6) is 1.57. The van der Waals surface area contributed by atoms with Crippen LogP contribution < -0.4 is 15.6 Å². The third kappa shape index (κ3) is 3.82. The zero-order valence-corrected chi connectivity index (χ0v) is 17.0. The smallest absolute Gasteiger partial charge is 0.274 e. The van der Waals surface area contributed by atoms with Crippen LogP contribution >= 0.6 is 11.6 Å². The van der Waals surface area contributed by atoms with E-state index in [-0.39, 0.29) is 5.56 Å². The van der Waals surface area contributed by atoms with Crippen molar-refractivity contribution in [2.24, 2.45) is 0 Å². The van der Waals surface area contributed by atoms with Crippen LogP contribution in [-0.4, -0.2) is 26.7 Å². The molecule has 2 aromatic carbocycles. The standard InChI is InChI=1S/C21H20ClN5O2/c1-12-4-5-14(8-13(12)2)20-25-21-24-16(10-19(28)27(21)26-20)11-23-17-9-15(22)6-7-18(17)29-3/h4-10,23H,11H2,1-3H3,(H,24,25,26). The fourth-order valence-electron chi connectivity index (χ4n) is 3.04. The number of H-pyrrole nitrogens is 1. The zero-order chi connectivity index (χ0) is 20.5. The van der Waals surface area contributed by atoms with Gasteiger partial charge in [-0.2, -0.15) is 9.50 Å². The highest BCUT2D eigenvalue weighted by Gasteiger charge is 2.11. The maximum absolute atomic E-state index is 12.5. The fraction of sp³-hybridized carbons (Fsp3) is 0.190. The number of anilines is 1. The molecule has 2 aromatic heterocycles. The first-order valence-electron chi connectivity index (χ1n) is 9.08. The van der Waals surface area contributed by atoms with Gasteiger partial charge in [-0.05, 0) is 49.2 Å². The summed E-state index contributed by atoms with van der Waals surface area (Å²) in [6, 6.07) is 12.8. The molecular formula is C21H20ClN5O2. The van der Waals surface area contributed by atoms with Gasteiger partial charge in [-0.25, -0.2) is 4.98 Å². The van der Waals surface area contributed by atoms with Gasteiger partial charge in [-0.1, -0.05) is 23.7 Å². The predicted octanol–water partition coefficient (Wildman–Crippen LogP) is 3.98. The van der Waals surface area contributed by atoms with Crippen molar-refractivity contribution in [3.05, 3.63) is 74.7 Å². The minimum Gasteiger partial charge on any atom is -0.495 e. The number of benzene rings is 2. The second-order valence-corrected chi connectivity index (χ2v) is 7.23. The SMILES string of the molecule is COc1ccc(Cl)cc1NCc1cc(=O)n2[nH]c(-c3ccc(C)c(C)c3)nc2n1. The van der Waals surface area contributed by atoms with Crippen LogP contribution in [0, 0.1) is 13.8 Å². The first-order valence-corrected chi connectivity index (χ1v) is 9.46. The average molecular weight is 410 g/mol. The summed E-state index contributed by atoms with van der Waals surface area (Å²) >= 11 is 6.06. The summed E-state index contributed by atoms with van der Waals surface area (Å²) in [6.07, 6.45) is 0. The third-order valence-corrected chi connectivity index (χ3v) is 5.02. The lowest BCUT2D eigenvalue weighted by atomic mass is 10.1. The van der Waals surface area contributed by atoms with Gasteiger partial charge in [0.1, 0.15) is 5.75 Å². The minimum atomic E-state index is -0.229. The van der Waals surface area contributed by atoms with E-state index in [1.54, 1.807) is 25.3 Å². The second-order valence-electron chi connectivity index (χ2n) is 6.79. The van der Waals surface area contributed by atoms with Crippen LogP contribution in [0.5, 0.6) is 5.75 Å². The summed E-state index contributed by atoms with van der Waals surface area (Å²) in [4.78, 5) is 21.5. The molecular weight excluding hydrogens is 390 g/mol. The third-order valence-electron chi connectivity index (χ3n) is 4.79. The number of nitrogens with one attached hydrogen (secondary N) is 2. The molecule has 0 fully saturated rings. The molecule has 0 bridgehead atoms. The molecule has 29 heavy (non-hydrogen) atoms. The maximum Gasteiger partial charge on any atom is 0.274 e. The molecule has 2 N–H and O–H groups in total. The Morgan fingerprint density at radius 3 is 2.69 bits per heavy atom. The molecule has 0 aliphatic heterocycles. The van der Waals surface area contributed by atoms with Crippen molar-refractivity contribution in [2.75, 3.05) is 12.4 Å². The number of nitrogens with zero attached hydrogens (tertiary/aromatic N) is 3. The van der Waals surface area contributed by atoms with Gasteiger partial charge in [0.25, 0.3) is 11.3 Å². The van der Waals surface area contributed by atoms with Gasteiger partial charge >= 0.3 is 0 Å². The van der Waals surface area contributed by atoms with Crippen LogP contribution in [0.15, 0.2) is 47.3 Å². The van der Waals surface area contributed by atoms with Gasteiger partial charge in [-0.3, -0.25) is 9.89 Å². The molecule has 0 aliphatic carbocycles. The number of ether oxygens (including phenoxy) is 1. The lowest BCUT2D eigenvalue weighted by Crippen LogP contribution is -2.17. The van der Waals surface area contributed by atoms with Crippen molar-refractivity contribution in [2.45, 2.75) is 20.4 Å². The van der Waals surface area contributed by atoms with Gasteiger partial charge in [0.05, 0.1) is 25.0 Å². The Balaban J connectivity index is 1.64. The molecule has 0 aliphatic rings. The Kier molecular flexibility index (Phi) is 4.98. The molecule has 0 atom stereocenters. The summed E-state index contributed by atoms with van der Waals surface area (Å²) in [6.45, 7) is 4.42. The van der Waals surface area contributed by atoms with E-state index in [1.807, 2.05) is 25.1 Å². The monoisotopic (exact) mass is 409 g/mol. The van der Waals surface area contributed by atoms with E-state index in [1.165, 1.54) is 16.1 Å². The van der Waals surface area contributed by atoms with E-state index in [0.717, 1.165) is 16.8 Å². The van der Waals surface area contributed by atoms with Gasteiger partial charge in [0.15, 0.2) is 5.82 Å². The van der Waals surface area contributed by atoms with Gasteiger partial charge in [0.2, 0.25) is 0 Å². The quantitative estimate of drug-likeness (QED) is 0.521. The number of aryl methyl sites for hydroxylation is 2. The van der Waals surface area contributed by atoms with Crippen molar-refractivity contribution in [1.29, 1.82) is 0 Å². The highest BCUT2D eigenvalue weighted by molar-refractivity contribution is 6.30. The fourth-order valence-corrected chi connectivity index (χ4v) is 3.21. The Morgan fingerprint density at radius 1 is 1.10 bits per heavy atom. The minimum absolute atomic E-state index is 0.229. The molecule has 0 saturated heterocycles. The molecule has 7 nitrogen and oxygen atoms in total. The number of aromatic amines is 1. The maximum atomic E-state index is 12.5. The first kappa shape index (κ1) is 19.0. The van der Waals surface area contributed by atoms with E-state index >= 15 is 0 Å². The van der Waals surface area contributed by atoms with Crippen molar-refractivity contribution in [3.63, 3.8) is 0 Å². The lowest BCUT2D eigenvalue weighted by Gasteiger charge is -2.11.